The van der Waals surface area contributed by atoms with Crippen LogP contribution in [0.1, 0.15) is 45.4 Å². The lowest BCUT2D eigenvalue weighted by atomic mass is 10.0. The Kier molecular flexibility index (Phi) is 7.29. The molecule has 1 saturated heterocycles. The maximum absolute atomic E-state index is 12.6. The van der Waals surface area contributed by atoms with Crippen LogP contribution in [-0.4, -0.2) is 63.8 Å². The zero-order valence-corrected chi connectivity index (χ0v) is 19.4. The molecule has 174 valence electrons. The molecular formula is C24H36N6O2. The van der Waals surface area contributed by atoms with Gasteiger partial charge in [0.1, 0.15) is 11.5 Å². The number of hydrogen-bond donors (Lipinski definition) is 1. The van der Waals surface area contributed by atoms with E-state index in [4.69, 9.17) is 5.10 Å². The summed E-state index contributed by atoms with van der Waals surface area (Å²) in [6, 6.07) is 5.99. The minimum absolute atomic E-state index is 0.0690. The average Bonchev–Trinajstić information content (AvgIpc) is 3.39. The van der Waals surface area contributed by atoms with Crippen LogP contribution in [-0.2, 0) is 23.2 Å². The molecule has 0 spiro atoms. The number of hydrogen-bond acceptors (Lipinski definition) is 4. The Morgan fingerprint density at radius 3 is 2.91 bits per heavy atom. The third-order valence-corrected chi connectivity index (χ3v) is 6.58. The Hall–Kier alpha value is -2.61. The number of likely N-dealkylation sites (tertiary alicyclic amines) is 1. The number of aryl methyl sites for hydroxylation is 2. The summed E-state index contributed by atoms with van der Waals surface area (Å²) in [6.45, 7) is 7.60. The van der Waals surface area contributed by atoms with Crippen LogP contribution in [0, 0.1) is 5.92 Å². The first-order valence-corrected chi connectivity index (χ1v) is 12.0. The van der Waals surface area contributed by atoms with Crippen molar-refractivity contribution in [2.24, 2.45) is 13.0 Å². The van der Waals surface area contributed by atoms with E-state index in [0.717, 1.165) is 42.6 Å². The Labute approximate surface area is 190 Å². The van der Waals surface area contributed by atoms with Gasteiger partial charge in [0, 0.05) is 51.8 Å². The molecule has 2 aliphatic rings. The van der Waals surface area contributed by atoms with Crippen molar-refractivity contribution < 1.29 is 9.59 Å². The molecule has 2 aliphatic heterocycles. The molecule has 0 aliphatic carbocycles. The molecule has 1 unspecified atom stereocenters. The number of fused-ring (bicyclic) bond motifs is 1. The van der Waals surface area contributed by atoms with Gasteiger partial charge in [-0.1, -0.05) is 6.92 Å². The molecule has 2 aromatic heterocycles. The van der Waals surface area contributed by atoms with E-state index in [0.29, 0.717) is 32.4 Å². The number of rotatable bonds is 9. The first-order chi connectivity index (χ1) is 15.5. The highest BCUT2D eigenvalue weighted by Gasteiger charge is 2.26. The van der Waals surface area contributed by atoms with Crippen LogP contribution in [0.5, 0.6) is 0 Å². The molecule has 0 bridgehead atoms. The second kappa shape index (κ2) is 10.3. The second-order valence-corrected chi connectivity index (χ2v) is 9.27. The molecular weight excluding hydrogens is 404 g/mol. The number of anilines is 1. The summed E-state index contributed by atoms with van der Waals surface area (Å²) in [4.78, 5) is 29.1. The van der Waals surface area contributed by atoms with Crippen LogP contribution in [0.4, 0.5) is 5.82 Å². The quantitative estimate of drug-likeness (QED) is 0.609. The number of nitrogens with zero attached hydrogens (tertiary/aromatic N) is 5. The highest BCUT2D eigenvalue weighted by atomic mass is 16.2. The van der Waals surface area contributed by atoms with Gasteiger partial charge >= 0.3 is 0 Å². The fourth-order valence-corrected chi connectivity index (χ4v) is 4.85. The molecule has 8 nitrogen and oxygen atoms in total. The van der Waals surface area contributed by atoms with Crippen molar-refractivity contribution in [1.29, 1.82) is 0 Å². The molecule has 4 heterocycles. The lowest BCUT2D eigenvalue weighted by molar-refractivity contribution is -0.122. The number of amides is 2. The van der Waals surface area contributed by atoms with Gasteiger partial charge in [-0.05, 0) is 56.8 Å². The topological polar surface area (TPSA) is 75.4 Å². The van der Waals surface area contributed by atoms with Crippen LogP contribution in [0.2, 0.25) is 0 Å². The number of nitrogens with one attached hydrogen (secondary N) is 1. The molecule has 4 rings (SSSR count). The zero-order chi connectivity index (χ0) is 22.5. The zero-order valence-electron chi connectivity index (χ0n) is 19.4. The molecule has 1 atom stereocenters. The summed E-state index contributed by atoms with van der Waals surface area (Å²) in [5.41, 5.74) is 1.89. The van der Waals surface area contributed by atoms with Crippen LogP contribution in [0.15, 0.2) is 24.4 Å². The van der Waals surface area contributed by atoms with Crippen LogP contribution >= 0.6 is 0 Å². The first-order valence-electron chi connectivity index (χ1n) is 12.0. The van der Waals surface area contributed by atoms with E-state index < -0.39 is 0 Å². The van der Waals surface area contributed by atoms with Crippen LogP contribution in [0.25, 0.3) is 11.4 Å². The molecule has 0 saturated carbocycles. The van der Waals surface area contributed by atoms with Crippen molar-refractivity contribution in [3.63, 3.8) is 0 Å². The number of carbonyl (C=O) groups is 2. The minimum Gasteiger partial charge on any atom is -0.356 e. The highest BCUT2D eigenvalue weighted by molar-refractivity contribution is 5.94. The SMILES string of the molecule is CC1CCCN(CCCNC(=O)CCCN2C(=O)CCn3nc(-c4cccn4C)cc32)C1. The van der Waals surface area contributed by atoms with E-state index in [1.54, 1.807) is 4.90 Å². The number of aromatic nitrogens is 3. The van der Waals surface area contributed by atoms with Crippen molar-refractivity contribution in [2.75, 3.05) is 37.6 Å². The first kappa shape index (κ1) is 22.6. The van der Waals surface area contributed by atoms with E-state index in [1.165, 1.54) is 25.9 Å². The minimum atomic E-state index is 0.0690. The number of piperidine rings is 1. The van der Waals surface area contributed by atoms with Crippen molar-refractivity contribution in [1.82, 2.24) is 24.6 Å². The summed E-state index contributed by atoms with van der Waals surface area (Å²) >= 11 is 0. The van der Waals surface area contributed by atoms with E-state index in [-0.39, 0.29) is 11.8 Å². The monoisotopic (exact) mass is 440 g/mol. The van der Waals surface area contributed by atoms with Gasteiger partial charge in [0.15, 0.2) is 0 Å². The molecule has 1 fully saturated rings. The fraction of sp³-hybridized carbons (Fsp3) is 0.625. The van der Waals surface area contributed by atoms with Gasteiger partial charge in [0.2, 0.25) is 11.8 Å². The third-order valence-electron chi connectivity index (χ3n) is 6.58. The molecule has 8 heteroatoms. The van der Waals surface area contributed by atoms with Gasteiger partial charge in [-0.25, -0.2) is 4.68 Å². The summed E-state index contributed by atoms with van der Waals surface area (Å²) < 4.78 is 3.93. The molecule has 2 amide bonds. The second-order valence-electron chi connectivity index (χ2n) is 9.27. The largest absolute Gasteiger partial charge is 0.356 e. The maximum atomic E-state index is 12.6. The van der Waals surface area contributed by atoms with Crippen molar-refractivity contribution >= 4 is 17.6 Å². The maximum Gasteiger partial charge on any atom is 0.229 e. The van der Waals surface area contributed by atoms with Crippen molar-refractivity contribution in [3.8, 4) is 11.4 Å². The smallest absolute Gasteiger partial charge is 0.229 e. The molecule has 1 N–H and O–H groups in total. The predicted octanol–water partition coefficient (Wildman–Crippen LogP) is 2.64. The van der Waals surface area contributed by atoms with E-state index >= 15 is 0 Å². The Morgan fingerprint density at radius 2 is 2.12 bits per heavy atom. The lowest BCUT2D eigenvalue weighted by Crippen LogP contribution is -2.38. The molecule has 32 heavy (non-hydrogen) atoms. The predicted molar refractivity (Wildman–Crippen MR) is 125 cm³/mol. The summed E-state index contributed by atoms with van der Waals surface area (Å²) in [5, 5.41) is 7.73. The Bertz CT molecular complexity index is 933. The van der Waals surface area contributed by atoms with Crippen LogP contribution < -0.4 is 10.2 Å². The van der Waals surface area contributed by atoms with E-state index in [2.05, 4.69) is 17.1 Å². The van der Waals surface area contributed by atoms with Gasteiger partial charge in [-0.2, -0.15) is 5.10 Å². The normalized spacial score (nSPS) is 19.2. The summed E-state index contributed by atoms with van der Waals surface area (Å²) in [7, 11) is 1.99. The van der Waals surface area contributed by atoms with Crippen molar-refractivity contribution in [2.45, 2.75) is 52.0 Å². The van der Waals surface area contributed by atoms with Crippen molar-refractivity contribution in [3.05, 3.63) is 24.4 Å². The standard InChI is InChI=1S/C24H36N6O2/c1-19-7-3-13-28(18-19)14-6-11-25-22(31)9-5-15-29-23-17-20(21-8-4-12-27(21)2)26-30(23)16-10-24(29)32/h4,8,12,17,19H,3,5-7,9-11,13-16,18H2,1-2H3,(H,25,31). The van der Waals surface area contributed by atoms with Gasteiger partial charge in [0.05, 0.1) is 12.2 Å². The van der Waals surface area contributed by atoms with Gasteiger partial charge in [-0.15, -0.1) is 0 Å². The summed E-state index contributed by atoms with van der Waals surface area (Å²) in [6.07, 6.45) is 7.12. The Morgan fingerprint density at radius 1 is 1.25 bits per heavy atom. The van der Waals surface area contributed by atoms with E-state index in [1.807, 2.05) is 40.7 Å². The van der Waals surface area contributed by atoms with Crippen LogP contribution in [0.3, 0.4) is 0 Å². The average molecular weight is 441 g/mol. The van der Waals surface area contributed by atoms with E-state index in [9.17, 15) is 9.59 Å². The third kappa shape index (κ3) is 5.41. The van der Waals surface area contributed by atoms with Gasteiger partial charge < -0.3 is 14.8 Å². The Balaban J connectivity index is 1.22. The van der Waals surface area contributed by atoms with Gasteiger partial charge in [-0.3, -0.25) is 14.5 Å². The number of carbonyl (C=O) groups excluding carboxylic acids is 2. The molecule has 2 aromatic rings. The fourth-order valence-electron chi connectivity index (χ4n) is 4.85. The van der Waals surface area contributed by atoms with Gasteiger partial charge in [0.25, 0.3) is 0 Å². The molecule has 0 radical (unpaired) electrons. The highest BCUT2D eigenvalue weighted by Crippen LogP contribution is 2.28. The summed E-state index contributed by atoms with van der Waals surface area (Å²) in [5.74, 6) is 1.79. The molecule has 0 aromatic carbocycles. The lowest BCUT2D eigenvalue weighted by Gasteiger charge is -2.30.